The summed E-state index contributed by atoms with van der Waals surface area (Å²) in [5.41, 5.74) is 5.00. The Kier molecular flexibility index (Phi) is 5.59. The summed E-state index contributed by atoms with van der Waals surface area (Å²) in [4.78, 5) is 34.5. The molecule has 0 spiro atoms. The summed E-state index contributed by atoms with van der Waals surface area (Å²) in [5.74, 6) is -1.53. The molecule has 108 valence electrons. The molecule has 1 heterocycles. The minimum absolute atomic E-state index is 0.0399. The standard InChI is InChI=1S/C12H21N3O4/c1-8(11(17)18)9-6-15(7-9)12(19)14-5-3-2-4-10(13)16/h8-9H,2-7H2,1H3,(H2,13,16)(H,14,19)(H,17,18). The van der Waals surface area contributed by atoms with Crippen LogP contribution in [0.3, 0.4) is 0 Å². The highest BCUT2D eigenvalue weighted by Crippen LogP contribution is 2.23. The molecule has 1 atom stereocenters. The van der Waals surface area contributed by atoms with Gasteiger partial charge in [0, 0.05) is 32.0 Å². The Bertz CT molecular complexity index is 353. The fourth-order valence-corrected chi connectivity index (χ4v) is 1.93. The molecule has 7 nitrogen and oxygen atoms in total. The van der Waals surface area contributed by atoms with Crippen molar-refractivity contribution in [3.05, 3.63) is 0 Å². The third-order valence-corrected chi connectivity index (χ3v) is 3.42. The van der Waals surface area contributed by atoms with Crippen molar-refractivity contribution in [3.63, 3.8) is 0 Å². The molecule has 1 aliphatic heterocycles. The number of hydrogen-bond donors (Lipinski definition) is 3. The Morgan fingerprint density at radius 3 is 2.53 bits per heavy atom. The first-order chi connectivity index (χ1) is 8.91. The molecule has 0 aromatic heterocycles. The molecule has 0 aliphatic carbocycles. The van der Waals surface area contributed by atoms with Crippen LogP contribution in [-0.2, 0) is 9.59 Å². The molecule has 0 aromatic carbocycles. The van der Waals surface area contributed by atoms with Crippen molar-refractivity contribution in [2.75, 3.05) is 19.6 Å². The number of carboxylic acid groups (broad SMARTS) is 1. The topological polar surface area (TPSA) is 113 Å². The van der Waals surface area contributed by atoms with Gasteiger partial charge in [0.25, 0.3) is 0 Å². The van der Waals surface area contributed by atoms with Crippen LogP contribution in [0.15, 0.2) is 0 Å². The van der Waals surface area contributed by atoms with Gasteiger partial charge in [0.15, 0.2) is 0 Å². The number of likely N-dealkylation sites (tertiary alicyclic amines) is 1. The molecule has 0 bridgehead atoms. The van der Waals surface area contributed by atoms with Gasteiger partial charge in [-0.15, -0.1) is 0 Å². The average molecular weight is 271 g/mol. The van der Waals surface area contributed by atoms with Crippen LogP contribution in [0.4, 0.5) is 4.79 Å². The number of unbranched alkanes of at least 4 members (excludes halogenated alkanes) is 1. The molecule has 1 saturated heterocycles. The number of aliphatic carboxylic acids is 1. The minimum atomic E-state index is -0.823. The Morgan fingerprint density at radius 1 is 1.37 bits per heavy atom. The lowest BCUT2D eigenvalue weighted by Gasteiger charge is -2.41. The maximum absolute atomic E-state index is 11.6. The molecule has 1 unspecified atom stereocenters. The van der Waals surface area contributed by atoms with Gasteiger partial charge in [0.1, 0.15) is 0 Å². The van der Waals surface area contributed by atoms with E-state index in [0.29, 0.717) is 38.9 Å². The smallest absolute Gasteiger partial charge is 0.317 e. The quantitative estimate of drug-likeness (QED) is 0.566. The molecule has 0 radical (unpaired) electrons. The second-order valence-corrected chi connectivity index (χ2v) is 4.95. The molecular formula is C12H21N3O4. The number of amides is 3. The van der Waals surface area contributed by atoms with Crippen LogP contribution < -0.4 is 11.1 Å². The summed E-state index contributed by atoms with van der Waals surface area (Å²) in [6.07, 6.45) is 1.70. The second kappa shape index (κ2) is 6.96. The Balaban J connectivity index is 2.10. The first kappa shape index (κ1) is 15.3. The van der Waals surface area contributed by atoms with E-state index in [1.165, 1.54) is 0 Å². The number of carbonyl (C=O) groups is 3. The van der Waals surface area contributed by atoms with Gasteiger partial charge in [0.05, 0.1) is 5.92 Å². The van der Waals surface area contributed by atoms with E-state index < -0.39 is 11.9 Å². The normalized spacial score (nSPS) is 16.6. The summed E-state index contributed by atoms with van der Waals surface area (Å²) in [7, 11) is 0. The number of carboxylic acids is 1. The monoisotopic (exact) mass is 271 g/mol. The molecule has 19 heavy (non-hydrogen) atoms. The van der Waals surface area contributed by atoms with Crippen molar-refractivity contribution in [3.8, 4) is 0 Å². The van der Waals surface area contributed by atoms with E-state index >= 15 is 0 Å². The van der Waals surface area contributed by atoms with Gasteiger partial charge in [-0.3, -0.25) is 9.59 Å². The van der Waals surface area contributed by atoms with E-state index in [4.69, 9.17) is 10.8 Å². The van der Waals surface area contributed by atoms with Crippen molar-refractivity contribution in [1.82, 2.24) is 10.2 Å². The first-order valence-corrected chi connectivity index (χ1v) is 6.45. The first-order valence-electron chi connectivity index (χ1n) is 6.45. The van der Waals surface area contributed by atoms with E-state index in [0.717, 1.165) is 0 Å². The Morgan fingerprint density at radius 2 is 2.00 bits per heavy atom. The molecular weight excluding hydrogens is 250 g/mol. The van der Waals surface area contributed by atoms with Gasteiger partial charge in [-0.1, -0.05) is 6.92 Å². The van der Waals surface area contributed by atoms with Gasteiger partial charge >= 0.3 is 12.0 Å². The largest absolute Gasteiger partial charge is 0.481 e. The predicted molar refractivity (Wildman–Crippen MR) is 68.3 cm³/mol. The highest BCUT2D eigenvalue weighted by atomic mass is 16.4. The van der Waals surface area contributed by atoms with Gasteiger partial charge in [-0.05, 0) is 12.8 Å². The van der Waals surface area contributed by atoms with Gasteiger partial charge in [-0.25, -0.2) is 4.79 Å². The average Bonchev–Trinajstić information content (AvgIpc) is 2.25. The SMILES string of the molecule is CC(C(=O)O)C1CN(C(=O)NCCCCC(N)=O)C1. The van der Waals surface area contributed by atoms with E-state index in [9.17, 15) is 14.4 Å². The van der Waals surface area contributed by atoms with Gasteiger partial charge in [-0.2, -0.15) is 0 Å². The third kappa shape index (κ3) is 4.76. The number of carbonyl (C=O) groups excluding carboxylic acids is 2. The zero-order valence-corrected chi connectivity index (χ0v) is 11.1. The molecule has 4 N–H and O–H groups in total. The molecule has 1 rings (SSSR count). The Labute approximate surface area is 112 Å². The number of nitrogens with one attached hydrogen (secondary N) is 1. The molecule has 1 fully saturated rings. The summed E-state index contributed by atoms with van der Waals surface area (Å²) in [5, 5.41) is 11.6. The lowest BCUT2D eigenvalue weighted by Crippen LogP contribution is -2.56. The van der Waals surface area contributed by atoms with E-state index in [-0.39, 0.29) is 17.9 Å². The van der Waals surface area contributed by atoms with Crippen LogP contribution >= 0.6 is 0 Å². The summed E-state index contributed by atoms with van der Waals surface area (Å²) < 4.78 is 0. The van der Waals surface area contributed by atoms with Gasteiger partial charge in [0.2, 0.25) is 5.91 Å². The second-order valence-electron chi connectivity index (χ2n) is 4.95. The van der Waals surface area contributed by atoms with Crippen LogP contribution in [0.2, 0.25) is 0 Å². The lowest BCUT2D eigenvalue weighted by molar-refractivity contribution is -0.144. The van der Waals surface area contributed by atoms with Crippen molar-refractivity contribution < 1.29 is 19.5 Å². The van der Waals surface area contributed by atoms with Crippen molar-refractivity contribution >= 4 is 17.9 Å². The van der Waals surface area contributed by atoms with Crippen molar-refractivity contribution in [2.45, 2.75) is 26.2 Å². The molecule has 7 heteroatoms. The maximum Gasteiger partial charge on any atom is 0.317 e. The summed E-state index contributed by atoms with van der Waals surface area (Å²) in [6.45, 7) is 3.13. The van der Waals surface area contributed by atoms with Crippen LogP contribution in [0.1, 0.15) is 26.2 Å². The van der Waals surface area contributed by atoms with Crippen LogP contribution in [0.25, 0.3) is 0 Å². The fraction of sp³-hybridized carbons (Fsp3) is 0.750. The van der Waals surface area contributed by atoms with Crippen LogP contribution in [-0.4, -0.2) is 47.5 Å². The van der Waals surface area contributed by atoms with Crippen molar-refractivity contribution in [1.29, 1.82) is 0 Å². The number of hydrogen-bond acceptors (Lipinski definition) is 3. The maximum atomic E-state index is 11.6. The zero-order chi connectivity index (χ0) is 14.4. The highest BCUT2D eigenvalue weighted by Gasteiger charge is 2.36. The van der Waals surface area contributed by atoms with E-state index in [1.54, 1.807) is 11.8 Å². The predicted octanol–water partition coefficient (Wildman–Crippen LogP) is 0.00410. The Hall–Kier alpha value is -1.79. The minimum Gasteiger partial charge on any atom is -0.481 e. The lowest BCUT2D eigenvalue weighted by atomic mass is 9.87. The van der Waals surface area contributed by atoms with Crippen molar-refractivity contribution in [2.24, 2.45) is 17.6 Å². The number of rotatable bonds is 7. The number of primary amides is 1. The molecule has 0 saturated carbocycles. The fourth-order valence-electron chi connectivity index (χ4n) is 1.93. The molecule has 1 aliphatic rings. The number of nitrogens with zero attached hydrogens (tertiary/aromatic N) is 1. The third-order valence-electron chi connectivity index (χ3n) is 3.42. The van der Waals surface area contributed by atoms with E-state index in [2.05, 4.69) is 5.32 Å². The van der Waals surface area contributed by atoms with E-state index in [1.807, 2.05) is 0 Å². The number of nitrogens with two attached hydrogens (primary N) is 1. The molecule has 3 amide bonds. The molecule has 0 aromatic rings. The number of urea groups is 1. The van der Waals surface area contributed by atoms with Gasteiger partial charge < -0.3 is 21.1 Å². The highest BCUT2D eigenvalue weighted by molar-refractivity contribution is 5.76. The van der Waals surface area contributed by atoms with Crippen LogP contribution in [0.5, 0.6) is 0 Å². The zero-order valence-electron chi connectivity index (χ0n) is 11.1. The van der Waals surface area contributed by atoms with Crippen LogP contribution in [0, 0.1) is 11.8 Å². The summed E-state index contributed by atoms with van der Waals surface area (Å²) in [6, 6.07) is -0.173. The summed E-state index contributed by atoms with van der Waals surface area (Å²) >= 11 is 0.